The lowest BCUT2D eigenvalue weighted by molar-refractivity contribution is 0.956. The van der Waals surface area contributed by atoms with Gasteiger partial charge >= 0.3 is 0 Å². The van der Waals surface area contributed by atoms with Gasteiger partial charge in [-0.1, -0.05) is 0 Å². The number of aromatic nitrogens is 4. The van der Waals surface area contributed by atoms with Crippen LogP contribution in [0.1, 0.15) is 0 Å². The Bertz CT molecular complexity index is 686. The van der Waals surface area contributed by atoms with E-state index in [-0.39, 0.29) is 0 Å². The molecule has 2 N–H and O–H groups in total. The number of pyridine rings is 2. The zero-order valence-electron chi connectivity index (χ0n) is 9.33. The number of fused-ring (bicyclic) bond motifs is 1. The van der Waals surface area contributed by atoms with E-state index in [1.165, 1.54) is 0 Å². The maximum absolute atomic E-state index is 5.91. The van der Waals surface area contributed by atoms with Gasteiger partial charge in [-0.2, -0.15) is 0 Å². The van der Waals surface area contributed by atoms with Gasteiger partial charge in [-0.15, -0.1) is 0 Å². The van der Waals surface area contributed by atoms with Gasteiger partial charge in [0.25, 0.3) is 0 Å². The summed E-state index contributed by atoms with van der Waals surface area (Å²) in [7, 11) is 1.95. The SMILES string of the molecule is Cn1c(-c2ccncc2N)nc2ccncc21. The number of rotatable bonds is 1. The van der Waals surface area contributed by atoms with Crippen molar-refractivity contribution in [1.29, 1.82) is 0 Å². The minimum Gasteiger partial charge on any atom is -0.397 e. The molecule has 3 heterocycles. The molecule has 0 unspecified atom stereocenters. The van der Waals surface area contributed by atoms with Crippen LogP contribution in [-0.2, 0) is 7.05 Å². The second kappa shape index (κ2) is 3.55. The van der Waals surface area contributed by atoms with Crippen molar-refractivity contribution in [2.75, 3.05) is 5.73 Å². The summed E-state index contributed by atoms with van der Waals surface area (Å²) >= 11 is 0. The van der Waals surface area contributed by atoms with E-state index in [1.807, 2.05) is 23.7 Å². The van der Waals surface area contributed by atoms with Crippen LogP contribution in [0.2, 0.25) is 0 Å². The third-order valence-electron chi connectivity index (χ3n) is 2.78. The zero-order valence-corrected chi connectivity index (χ0v) is 9.33. The largest absolute Gasteiger partial charge is 0.397 e. The third kappa shape index (κ3) is 1.44. The van der Waals surface area contributed by atoms with Gasteiger partial charge in [0.1, 0.15) is 5.82 Å². The first-order valence-electron chi connectivity index (χ1n) is 5.23. The molecule has 0 aliphatic heterocycles. The molecule has 0 aliphatic rings. The van der Waals surface area contributed by atoms with Gasteiger partial charge in [0, 0.05) is 25.0 Å². The Kier molecular flexibility index (Phi) is 2.04. The molecule has 3 aromatic heterocycles. The van der Waals surface area contributed by atoms with Gasteiger partial charge in [-0.05, 0) is 12.1 Å². The average molecular weight is 225 g/mol. The summed E-state index contributed by atoms with van der Waals surface area (Å²) in [5, 5.41) is 0. The third-order valence-corrected chi connectivity index (χ3v) is 2.78. The van der Waals surface area contributed by atoms with Crippen LogP contribution in [0.3, 0.4) is 0 Å². The lowest BCUT2D eigenvalue weighted by Gasteiger charge is -2.04. The summed E-state index contributed by atoms with van der Waals surface area (Å²) in [6, 6.07) is 3.75. The van der Waals surface area contributed by atoms with Crippen LogP contribution in [0.15, 0.2) is 36.9 Å². The molecule has 3 rings (SSSR count). The van der Waals surface area contributed by atoms with Crippen molar-refractivity contribution in [3.8, 4) is 11.4 Å². The number of hydrogen-bond donors (Lipinski definition) is 1. The van der Waals surface area contributed by atoms with E-state index in [4.69, 9.17) is 5.73 Å². The molecular formula is C12H11N5. The van der Waals surface area contributed by atoms with Crippen LogP contribution in [0.25, 0.3) is 22.4 Å². The Morgan fingerprint density at radius 1 is 1.12 bits per heavy atom. The van der Waals surface area contributed by atoms with Crippen molar-refractivity contribution in [1.82, 2.24) is 19.5 Å². The maximum atomic E-state index is 5.91. The number of hydrogen-bond acceptors (Lipinski definition) is 4. The maximum Gasteiger partial charge on any atom is 0.143 e. The van der Waals surface area contributed by atoms with Crippen LogP contribution in [0.5, 0.6) is 0 Å². The molecule has 0 atom stereocenters. The first kappa shape index (κ1) is 9.77. The highest BCUT2D eigenvalue weighted by atomic mass is 15.1. The first-order chi connectivity index (χ1) is 8.27. The molecule has 0 amide bonds. The van der Waals surface area contributed by atoms with Gasteiger partial charge in [0.15, 0.2) is 0 Å². The lowest BCUT2D eigenvalue weighted by atomic mass is 10.2. The number of nitrogens with two attached hydrogens (primary N) is 1. The Labute approximate surface area is 98.0 Å². The molecular weight excluding hydrogens is 214 g/mol. The van der Waals surface area contributed by atoms with Crippen LogP contribution in [-0.4, -0.2) is 19.5 Å². The highest BCUT2D eigenvalue weighted by molar-refractivity contribution is 5.82. The molecule has 0 saturated heterocycles. The van der Waals surface area contributed by atoms with E-state index in [1.54, 1.807) is 24.8 Å². The molecule has 5 nitrogen and oxygen atoms in total. The number of nitrogens with zero attached hydrogens (tertiary/aromatic N) is 4. The average Bonchev–Trinajstić information content (AvgIpc) is 2.68. The molecule has 17 heavy (non-hydrogen) atoms. The molecule has 0 radical (unpaired) electrons. The minimum absolute atomic E-state index is 0.624. The van der Waals surface area contributed by atoms with E-state index in [2.05, 4.69) is 15.0 Å². The Morgan fingerprint density at radius 2 is 1.88 bits per heavy atom. The second-order valence-corrected chi connectivity index (χ2v) is 3.82. The molecule has 0 bridgehead atoms. The number of imidazole rings is 1. The predicted octanol–water partition coefficient (Wildman–Crippen LogP) is 1.61. The van der Waals surface area contributed by atoms with Crippen LogP contribution in [0, 0.1) is 0 Å². The van der Waals surface area contributed by atoms with Gasteiger partial charge in [-0.25, -0.2) is 4.98 Å². The molecule has 3 aromatic rings. The molecule has 0 fully saturated rings. The van der Waals surface area contributed by atoms with E-state index in [9.17, 15) is 0 Å². The van der Waals surface area contributed by atoms with Gasteiger partial charge < -0.3 is 10.3 Å². The molecule has 0 aromatic carbocycles. The van der Waals surface area contributed by atoms with Crippen LogP contribution < -0.4 is 5.73 Å². The first-order valence-corrected chi connectivity index (χ1v) is 5.23. The van der Waals surface area contributed by atoms with Crippen molar-refractivity contribution >= 4 is 16.7 Å². The van der Waals surface area contributed by atoms with Crippen molar-refractivity contribution in [2.45, 2.75) is 0 Å². The normalized spacial score (nSPS) is 10.9. The summed E-state index contributed by atoms with van der Waals surface area (Å²) in [4.78, 5) is 12.6. The number of aryl methyl sites for hydroxylation is 1. The highest BCUT2D eigenvalue weighted by Gasteiger charge is 2.11. The second-order valence-electron chi connectivity index (χ2n) is 3.82. The molecule has 0 saturated carbocycles. The summed E-state index contributed by atoms with van der Waals surface area (Å²) in [5.41, 5.74) is 9.32. The Morgan fingerprint density at radius 3 is 2.65 bits per heavy atom. The smallest absolute Gasteiger partial charge is 0.143 e. The highest BCUT2D eigenvalue weighted by Crippen LogP contribution is 2.26. The fourth-order valence-electron chi connectivity index (χ4n) is 1.89. The van der Waals surface area contributed by atoms with E-state index < -0.39 is 0 Å². The minimum atomic E-state index is 0.624. The monoisotopic (exact) mass is 225 g/mol. The molecule has 0 spiro atoms. The fourth-order valence-corrected chi connectivity index (χ4v) is 1.89. The van der Waals surface area contributed by atoms with Crippen LogP contribution in [0.4, 0.5) is 5.69 Å². The van der Waals surface area contributed by atoms with Gasteiger partial charge in [0.05, 0.1) is 29.1 Å². The van der Waals surface area contributed by atoms with Crippen LogP contribution >= 0.6 is 0 Å². The van der Waals surface area contributed by atoms with Crippen molar-refractivity contribution in [3.63, 3.8) is 0 Å². The summed E-state index contributed by atoms with van der Waals surface area (Å²) < 4.78 is 1.98. The van der Waals surface area contributed by atoms with E-state index >= 15 is 0 Å². The topological polar surface area (TPSA) is 69.6 Å². The summed E-state index contributed by atoms with van der Waals surface area (Å²) in [6.45, 7) is 0. The van der Waals surface area contributed by atoms with Gasteiger partial charge in [0.2, 0.25) is 0 Å². The molecule has 84 valence electrons. The summed E-state index contributed by atoms with van der Waals surface area (Å²) in [6.07, 6.45) is 6.87. The number of anilines is 1. The quantitative estimate of drug-likeness (QED) is 0.683. The lowest BCUT2D eigenvalue weighted by Crippen LogP contribution is -1.97. The zero-order chi connectivity index (χ0) is 11.8. The Hall–Kier alpha value is -2.43. The molecule has 5 heteroatoms. The molecule has 0 aliphatic carbocycles. The van der Waals surface area contributed by atoms with E-state index in [0.29, 0.717) is 5.69 Å². The fraction of sp³-hybridized carbons (Fsp3) is 0.0833. The Balaban J connectivity index is 2.32. The van der Waals surface area contributed by atoms with Gasteiger partial charge in [-0.3, -0.25) is 9.97 Å². The van der Waals surface area contributed by atoms with Crippen molar-refractivity contribution < 1.29 is 0 Å². The predicted molar refractivity (Wildman–Crippen MR) is 66.2 cm³/mol. The standard InChI is InChI=1S/C12H11N5/c1-17-11-7-15-5-3-10(11)16-12(17)8-2-4-14-6-9(8)13/h2-7H,13H2,1H3. The van der Waals surface area contributed by atoms with Crippen molar-refractivity contribution in [2.24, 2.45) is 7.05 Å². The summed E-state index contributed by atoms with van der Waals surface area (Å²) in [5.74, 6) is 0.827. The van der Waals surface area contributed by atoms with Crippen molar-refractivity contribution in [3.05, 3.63) is 36.9 Å². The van der Waals surface area contributed by atoms with E-state index in [0.717, 1.165) is 22.4 Å². The number of nitrogen functional groups attached to an aromatic ring is 1.